The minimum absolute atomic E-state index is 0.159. The molecule has 1 rings (SSSR count). The molecule has 0 aliphatic carbocycles. The van der Waals surface area contributed by atoms with Crippen molar-refractivity contribution in [2.75, 3.05) is 26.1 Å². The summed E-state index contributed by atoms with van der Waals surface area (Å²) in [5.74, 6) is -0.237. The molecule has 1 unspecified atom stereocenters. The molecule has 17 heavy (non-hydrogen) atoms. The third-order valence-electron chi connectivity index (χ3n) is 2.42. The zero-order valence-electron chi connectivity index (χ0n) is 10.1. The van der Waals surface area contributed by atoms with Crippen LogP contribution < -0.4 is 11.1 Å². The third kappa shape index (κ3) is 3.72. The van der Waals surface area contributed by atoms with Crippen LogP contribution in [0, 0.1) is 6.92 Å². The number of benzene rings is 1. The van der Waals surface area contributed by atoms with Gasteiger partial charge in [0.25, 0.3) is 5.91 Å². The lowest BCUT2D eigenvalue weighted by Gasteiger charge is -2.16. The maximum Gasteiger partial charge on any atom is 0.251 e. The second kappa shape index (κ2) is 6.22. The number of nitrogens with two attached hydrogens (primary N) is 1. The van der Waals surface area contributed by atoms with E-state index in [0.717, 1.165) is 5.56 Å². The fourth-order valence-electron chi connectivity index (χ4n) is 1.55. The lowest BCUT2D eigenvalue weighted by Crippen LogP contribution is -2.40. The van der Waals surface area contributed by atoms with Crippen LogP contribution in [0.4, 0.5) is 5.69 Å². The van der Waals surface area contributed by atoms with E-state index < -0.39 is 6.04 Å². The molecule has 0 spiro atoms. The van der Waals surface area contributed by atoms with E-state index >= 15 is 0 Å². The molecule has 94 valence electrons. The van der Waals surface area contributed by atoms with Gasteiger partial charge in [-0.3, -0.25) is 4.79 Å². The number of carbonyl (C=O) groups excluding carboxylic acids is 1. The number of rotatable bonds is 5. The standard InChI is InChI=1S/C12H18N2O3/c1-8-5-9(13)3-4-11(8)12(16)14-10(6-15)7-17-2/h3-5,10,15H,6-7,13H2,1-2H3,(H,14,16). The van der Waals surface area contributed by atoms with Gasteiger partial charge in [0.2, 0.25) is 0 Å². The molecule has 4 N–H and O–H groups in total. The van der Waals surface area contributed by atoms with Crippen molar-refractivity contribution in [1.29, 1.82) is 0 Å². The Kier molecular flexibility index (Phi) is 4.93. The fourth-order valence-corrected chi connectivity index (χ4v) is 1.55. The molecule has 0 radical (unpaired) electrons. The van der Waals surface area contributed by atoms with Gasteiger partial charge in [0.05, 0.1) is 19.3 Å². The minimum Gasteiger partial charge on any atom is -0.399 e. The number of nitrogens with one attached hydrogen (secondary N) is 1. The summed E-state index contributed by atoms with van der Waals surface area (Å²) in [5, 5.41) is 11.7. The molecule has 5 nitrogen and oxygen atoms in total. The first-order valence-electron chi connectivity index (χ1n) is 5.35. The highest BCUT2D eigenvalue weighted by Crippen LogP contribution is 2.12. The lowest BCUT2D eigenvalue weighted by molar-refractivity contribution is 0.0839. The Morgan fingerprint density at radius 1 is 1.59 bits per heavy atom. The third-order valence-corrected chi connectivity index (χ3v) is 2.42. The second-order valence-electron chi connectivity index (χ2n) is 3.88. The van der Waals surface area contributed by atoms with Crippen molar-refractivity contribution < 1.29 is 14.6 Å². The molecule has 1 aromatic rings. The van der Waals surface area contributed by atoms with Gasteiger partial charge in [0, 0.05) is 18.4 Å². The molecule has 0 saturated heterocycles. The number of hydrogen-bond donors (Lipinski definition) is 3. The van der Waals surface area contributed by atoms with Crippen molar-refractivity contribution in [2.24, 2.45) is 0 Å². The lowest BCUT2D eigenvalue weighted by atomic mass is 10.1. The Morgan fingerprint density at radius 3 is 2.82 bits per heavy atom. The van der Waals surface area contributed by atoms with E-state index in [0.29, 0.717) is 11.3 Å². The molecule has 0 aliphatic heterocycles. The number of carbonyl (C=O) groups is 1. The number of hydrogen-bond acceptors (Lipinski definition) is 4. The van der Waals surface area contributed by atoms with Crippen molar-refractivity contribution in [3.05, 3.63) is 29.3 Å². The Labute approximate surface area is 101 Å². The van der Waals surface area contributed by atoms with Gasteiger partial charge < -0.3 is 20.9 Å². The molecule has 0 fully saturated rings. The molecule has 0 aliphatic rings. The average Bonchev–Trinajstić information content (AvgIpc) is 2.28. The predicted octanol–water partition coefficient (Wildman–Crippen LogP) is 0.314. The maximum absolute atomic E-state index is 11.9. The average molecular weight is 238 g/mol. The first-order chi connectivity index (χ1) is 8.08. The number of aliphatic hydroxyl groups excluding tert-OH is 1. The SMILES string of the molecule is COCC(CO)NC(=O)c1ccc(N)cc1C. The fraction of sp³-hybridized carbons (Fsp3) is 0.417. The molecular formula is C12H18N2O3. The van der Waals surface area contributed by atoms with Crippen molar-refractivity contribution in [3.8, 4) is 0 Å². The highest BCUT2D eigenvalue weighted by Gasteiger charge is 2.14. The van der Waals surface area contributed by atoms with Crippen molar-refractivity contribution in [3.63, 3.8) is 0 Å². The first-order valence-corrected chi connectivity index (χ1v) is 5.35. The van der Waals surface area contributed by atoms with E-state index in [2.05, 4.69) is 5.32 Å². The Morgan fingerprint density at radius 2 is 2.29 bits per heavy atom. The molecular weight excluding hydrogens is 220 g/mol. The van der Waals surface area contributed by atoms with Crippen LogP contribution in [0.3, 0.4) is 0 Å². The van der Waals surface area contributed by atoms with Gasteiger partial charge in [-0.15, -0.1) is 0 Å². The van der Waals surface area contributed by atoms with Crippen molar-refractivity contribution >= 4 is 11.6 Å². The number of aryl methyl sites for hydroxylation is 1. The number of aliphatic hydroxyl groups is 1. The summed E-state index contributed by atoms with van der Waals surface area (Å²) in [5.41, 5.74) is 7.58. The van der Waals surface area contributed by atoms with Crippen LogP contribution in [-0.4, -0.2) is 37.4 Å². The topological polar surface area (TPSA) is 84.6 Å². The summed E-state index contributed by atoms with van der Waals surface area (Å²) in [4.78, 5) is 11.9. The van der Waals surface area contributed by atoms with Gasteiger partial charge in [0.15, 0.2) is 0 Å². The van der Waals surface area contributed by atoms with Crippen LogP contribution in [0.1, 0.15) is 15.9 Å². The quantitative estimate of drug-likeness (QED) is 0.645. The van der Waals surface area contributed by atoms with Crippen LogP contribution in [-0.2, 0) is 4.74 Å². The van der Waals surface area contributed by atoms with E-state index in [-0.39, 0.29) is 19.1 Å². The van der Waals surface area contributed by atoms with Crippen LogP contribution in [0.25, 0.3) is 0 Å². The number of nitrogen functional groups attached to an aromatic ring is 1. The van der Waals surface area contributed by atoms with Gasteiger partial charge in [0.1, 0.15) is 0 Å². The van der Waals surface area contributed by atoms with Gasteiger partial charge in [-0.2, -0.15) is 0 Å². The van der Waals surface area contributed by atoms with E-state index in [1.54, 1.807) is 18.2 Å². The highest BCUT2D eigenvalue weighted by molar-refractivity contribution is 5.96. The molecule has 1 aromatic carbocycles. The number of amides is 1. The minimum atomic E-state index is -0.399. The summed E-state index contributed by atoms with van der Waals surface area (Å²) in [6.45, 7) is 1.93. The number of ether oxygens (including phenoxy) is 1. The van der Waals surface area contributed by atoms with Gasteiger partial charge in [-0.1, -0.05) is 0 Å². The summed E-state index contributed by atoms with van der Waals surface area (Å²) in [6, 6.07) is 4.68. The Balaban J connectivity index is 2.75. The van der Waals surface area contributed by atoms with Crippen molar-refractivity contribution in [2.45, 2.75) is 13.0 Å². The molecule has 0 heterocycles. The Bertz CT molecular complexity index is 393. The van der Waals surface area contributed by atoms with Crippen LogP contribution in [0.5, 0.6) is 0 Å². The van der Waals surface area contributed by atoms with Gasteiger partial charge in [-0.05, 0) is 30.7 Å². The normalized spacial score (nSPS) is 12.2. The second-order valence-corrected chi connectivity index (χ2v) is 3.88. The zero-order valence-corrected chi connectivity index (χ0v) is 10.1. The van der Waals surface area contributed by atoms with Crippen LogP contribution >= 0.6 is 0 Å². The maximum atomic E-state index is 11.9. The predicted molar refractivity (Wildman–Crippen MR) is 65.8 cm³/mol. The molecule has 0 saturated carbocycles. The van der Waals surface area contributed by atoms with Crippen LogP contribution in [0.2, 0.25) is 0 Å². The zero-order chi connectivity index (χ0) is 12.8. The van der Waals surface area contributed by atoms with Gasteiger partial charge >= 0.3 is 0 Å². The monoisotopic (exact) mass is 238 g/mol. The number of methoxy groups -OCH3 is 1. The van der Waals surface area contributed by atoms with E-state index in [9.17, 15) is 4.79 Å². The summed E-state index contributed by atoms with van der Waals surface area (Å²) >= 11 is 0. The summed E-state index contributed by atoms with van der Waals surface area (Å²) < 4.78 is 4.89. The van der Waals surface area contributed by atoms with Crippen molar-refractivity contribution in [1.82, 2.24) is 5.32 Å². The van der Waals surface area contributed by atoms with Gasteiger partial charge in [-0.25, -0.2) is 0 Å². The van der Waals surface area contributed by atoms with E-state index in [1.165, 1.54) is 7.11 Å². The molecule has 5 heteroatoms. The highest BCUT2D eigenvalue weighted by atomic mass is 16.5. The van der Waals surface area contributed by atoms with E-state index in [1.807, 2.05) is 6.92 Å². The summed E-state index contributed by atoms with van der Waals surface area (Å²) in [6.07, 6.45) is 0. The smallest absolute Gasteiger partial charge is 0.251 e. The largest absolute Gasteiger partial charge is 0.399 e. The van der Waals surface area contributed by atoms with E-state index in [4.69, 9.17) is 15.6 Å². The molecule has 0 aromatic heterocycles. The molecule has 1 amide bonds. The summed E-state index contributed by atoms with van der Waals surface area (Å²) in [7, 11) is 1.52. The molecule has 1 atom stereocenters. The molecule has 0 bridgehead atoms. The Hall–Kier alpha value is -1.59. The number of anilines is 1. The van der Waals surface area contributed by atoms with Crippen LogP contribution in [0.15, 0.2) is 18.2 Å². The first kappa shape index (κ1) is 13.5.